The molecular formula is C16H16F2O5S. The number of rotatable bonds is 7. The molecule has 0 saturated heterocycles. The lowest BCUT2D eigenvalue weighted by Gasteiger charge is -2.11. The van der Waals surface area contributed by atoms with Gasteiger partial charge in [0.2, 0.25) is 0 Å². The molecule has 24 heavy (non-hydrogen) atoms. The molecule has 0 atom stereocenters. The average molecular weight is 358 g/mol. The van der Waals surface area contributed by atoms with Gasteiger partial charge in [-0.25, -0.2) is 8.78 Å². The first-order chi connectivity index (χ1) is 11.3. The van der Waals surface area contributed by atoms with Crippen LogP contribution in [0.1, 0.15) is 5.56 Å². The molecule has 8 heteroatoms. The summed E-state index contributed by atoms with van der Waals surface area (Å²) < 4.78 is 65.6. The number of methoxy groups -OCH3 is 1. The lowest BCUT2D eigenvalue weighted by Crippen LogP contribution is -2.11. The number of hydrogen-bond donors (Lipinski definition) is 0. The molecule has 0 fully saturated rings. The number of ether oxygens (including phenoxy) is 2. The van der Waals surface area contributed by atoms with Gasteiger partial charge in [0, 0.05) is 13.2 Å². The molecule has 0 aliphatic carbocycles. The Balaban J connectivity index is 2.19. The van der Waals surface area contributed by atoms with Crippen molar-refractivity contribution in [2.24, 2.45) is 0 Å². The Morgan fingerprint density at radius 2 is 1.75 bits per heavy atom. The first kappa shape index (κ1) is 18.2. The fourth-order valence-electron chi connectivity index (χ4n) is 1.88. The highest BCUT2D eigenvalue weighted by atomic mass is 32.2. The van der Waals surface area contributed by atoms with Crippen molar-refractivity contribution in [3.05, 3.63) is 53.6 Å². The first-order valence-corrected chi connectivity index (χ1v) is 8.36. The Labute approximate surface area is 138 Å². The predicted molar refractivity (Wildman–Crippen MR) is 82.7 cm³/mol. The van der Waals surface area contributed by atoms with E-state index in [2.05, 4.69) is 0 Å². The van der Waals surface area contributed by atoms with Gasteiger partial charge in [-0.2, -0.15) is 8.42 Å². The molecule has 130 valence electrons. The second kappa shape index (κ2) is 7.59. The molecule has 0 saturated carbocycles. The van der Waals surface area contributed by atoms with Gasteiger partial charge in [-0.1, -0.05) is 0 Å². The lowest BCUT2D eigenvalue weighted by molar-refractivity contribution is 0.146. The highest BCUT2D eigenvalue weighted by Gasteiger charge is 2.19. The third kappa shape index (κ3) is 4.42. The van der Waals surface area contributed by atoms with Gasteiger partial charge in [-0.15, -0.1) is 0 Å². The maximum absolute atomic E-state index is 13.1. The molecule has 0 N–H and O–H groups in total. The van der Waals surface area contributed by atoms with E-state index in [0.29, 0.717) is 30.6 Å². The van der Waals surface area contributed by atoms with Crippen molar-refractivity contribution < 1.29 is 30.9 Å². The van der Waals surface area contributed by atoms with Gasteiger partial charge in [0.15, 0.2) is 11.6 Å². The van der Waals surface area contributed by atoms with Crippen LogP contribution in [-0.2, 0) is 14.9 Å². The molecule has 0 amide bonds. The fourth-order valence-corrected chi connectivity index (χ4v) is 2.89. The van der Waals surface area contributed by atoms with E-state index >= 15 is 0 Å². The van der Waals surface area contributed by atoms with Crippen LogP contribution in [0.4, 0.5) is 8.78 Å². The topological polar surface area (TPSA) is 61.8 Å². The highest BCUT2D eigenvalue weighted by molar-refractivity contribution is 7.87. The Morgan fingerprint density at radius 3 is 2.38 bits per heavy atom. The van der Waals surface area contributed by atoms with Gasteiger partial charge in [0.25, 0.3) is 0 Å². The summed E-state index contributed by atoms with van der Waals surface area (Å²) in [5.41, 5.74) is 0.584. The lowest BCUT2D eigenvalue weighted by atomic mass is 10.2. The molecule has 0 bridgehead atoms. The second-order valence-corrected chi connectivity index (χ2v) is 6.43. The maximum atomic E-state index is 13.1. The van der Waals surface area contributed by atoms with E-state index in [1.807, 2.05) is 0 Å². The van der Waals surface area contributed by atoms with Crippen LogP contribution in [0.3, 0.4) is 0 Å². The van der Waals surface area contributed by atoms with Crippen molar-refractivity contribution >= 4 is 10.1 Å². The zero-order chi connectivity index (χ0) is 17.7. The Morgan fingerprint density at radius 1 is 1.00 bits per heavy atom. The van der Waals surface area contributed by atoms with Crippen molar-refractivity contribution in [3.63, 3.8) is 0 Å². The van der Waals surface area contributed by atoms with Crippen molar-refractivity contribution in [2.45, 2.75) is 11.8 Å². The van der Waals surface area contributed by atoms with E-state index in [9.17, 15) is 17.2 Å². The molecule has 2 aromatic rings. The average Bonchev–Trinajstić information content (AvgIpc) is 2.52. The van der Waals surface area contributed by atoms with Crippen LogP contribution in [0.2, 0.25) is 0 Å². The summed E-state index contributed by atoms with van der Waals surface area (Å²) in [5.74, 6) is -2.08. The quantitative estimate of drug-likeness (QED) is 0.562. The minimum atomic E-state index is -4.18. The van der Waals surface area contributed by atoms with Crippen molar-refractivity contribution in [1.29, 1.82) is 0 Å². The SMILES string of the molecule is COCCOc1ccc(S(=O)(=O)Oc2ccc(F)c(F)c2)cc1C. The van der Waals surface area contributed by atoms with Crippen LogP contribution in [0.25, 0.3) is 0 Å². The zero-order valence-electron chi connectivity index (χ0n) is 13.1. The van der Waals surface area contributed by atoms with Gasteiger partial charge in [-0.05, 0) is 42.8 Å². The molecule has 2 aromatic carbocycles. The van der Waals surface area contributed by atoms with Gasteiger partial charge < -0.3 is 13.7 Å². The minimum absolute atomic E-state index is 0.121. The monoisotopic (exact) mass is 358 g/mol. The molecule has 0 unspecified atom stereocenters. The summed E-state index contributed by atoms with van der Waals surface area (Å²) in [5, 5.41) is 0. The number of benzene rings is 2. The van der Waals surface area contributed by atoms with Crippen molar-refractivity contribution in [3.8, 4) is 11.5 Å². The zero-order valence-corrected chi connectivity index (χ0v) is 13.9. The highest BCUT2D eigenvalue weighted by Crippen LogP contribution is 2.25. The van der Waals surface area contributed by atoms with Gasteiger partial charge >= 0.3 is 10.1 Å². The summed E-state index contributed by atoms with van der Waals surface area (Å²) in [4.78, 5) is -0.121. The molecule has 0 spiro atoms. The Hall–Kier alpha value is -2.19. The second-order valence-electron chi connectivity index (χ2n) is 4.88. The van der Waals surface area contributed by atoms with Crippen LogP contribution in [0.15, 0.2) is 41.3 Å². The third-order valence-corrected chi connectivity index (χ3v) is 4.32. The Bertz CT molecular complexity index is 821. The van der Waals surface area contributed by atoms with E-state index < -0.39 is 21.8 Å². The van der Waals surface area contributed by atoms with E-state index in [1.165, 1.54) is 18.2 Å². The van der Waals surface area contributed by atoms with Gasteiger partial charge in [0.1, 0.15) is 23.0 Å². The molecule has 5 nitrogen and oxygen atoms in total. The van der Waals surface area contributed by atoms with Crippen LogP contribution in [0, 0.1) is 18.6 Å². The summed E-state index contributed by atoms with van der Waals surface area (Å²) in [6.07, 6.45) is 0. The summed E-state index contributed by atoms with van der Waals surface area (Å²) >= 11 is 0. The fraction of sp³-hybridized carbons (Fsp3) is 0.250. The van der Waals surface area contributed by atoms with Crippen LogP contribution in [-0.4, -0.2) is 28.7 Å². The molecule has 0 aliphatic heterocycles. The van der Waals surface area contributed by atoms with Crippen molar-refractivity contribution in [2.75, 3.05) is 20.3 Å². The largest absolute Gasteiger partial charge is 0.491 e. The standard InChI is InChI=1S/C16H16F2O5S/c1-11-9-13(4-6-16(11)22-8-7-21-2)24(19,20)23-12-3-5-14(17)15(18)10-12/h3-6,9-10H,7-8H2,1-2H3. The number of hydrogen-bond acceptors (Lipinski definition) is 5. The molecular weight excluding hydrogens is 342 g/mol. The first-order valence-electron chi connectivity index (χ1n) is 6.95. The third-order valence-electron chi connectivity index (χ3n) is 3.08. The summed E-state index contributed by atoms with van der Waals surface area (Å²) in [6, 6.07) is 6.67. The molecule has 0 aliphatic rings. The van der Waals surface area contributed by atoms with Crippen molar-refractivity contribution in [1.82, 2.24) is 0 Å². The van der Waals surface area contributed by atoms with E-state index in [4.69, 9.17) is 13.7 Å². The predicted octanol–water partition coefficient (Wildman–Crippen LogP) is 3.07. The normalized spacial score (nSPS) is 11.3. The van der Waals surface area contributed by atoms with E-state index in [-0.39, 0.29) is 10.6 Å². The molecule has 0 heterocycles. The Kier molecular flexibility index (Phi) is 5.74. The molecule has 0 radical (unpaired) electrons. The minimum Gasteiger partial charge on any atom is -0.491 e. The van der Waals surface area contributed by atoms with Gasteiger partial charge in [0.05, 0.1) is 6.61 Å². The van der Waals surface area contributed by atoms with Crippen LogP contribution >= 0.6 is 0 Å². The van der Waals surface area contributed by atoms with E-state index in [0.717, 1.165) is 12.1 Å². The smallest absolute Gasteiger partial charge is 0.339 e. The van der Waals surface area contributed by atoms with E-state index in [1.54, 1.807) is 14.0 Å². The van der Waals surface area contributed by atoms with Crippen LogP contribution < -0.4 is 8.92 Å². The van der Waals surface area contributed by atoms with Crippen LogP contribution in [0.5, 0.6) is 11.5 Å². The summed E-state index contributed by atoms with van der Waals surface area (Å²) in [6.45, 7) is 2.41. The molecule has 0 aromatic heterocycles. The molecule has 2 rings (SSSR count). The van der Waals surface area contributed by atoms with Gasteiger partial charge in [-0.3, -0.25) is 0 Å². The summed E-state index contributed by atoms with van der Waals surface area (Å²) in [7, 11) is -2.63. The number of halogens is 2. The number of aryl methyl sites for hydroxylation is 1. The maximum Gasteiger partial charge on any atom is 0.339 e.